The Morgan fingerprint density at radius 1 is 1.29 bits per heavy atom. The van der Waals surface area contributed by atoms with Crippen LogP contribution in [-0.2, 0) is 11.3 Å². The van der Waals surface area contributed by atoms with E-state index in [0.717, 1.165) is 10.6 Å². The highest BCUT2D eigenvalue weighted by Crippen LogP contribution is 2.27. The maximum Gasteiger partial charge on any atom is 0.297 e. The molecule has 0 bridgehead atoms. The summed E-state index contributed by atoms with van der Waals surface area (Å²) in [6.07, 6.45) is 1.25. The summed E-state index contributed by atoms with van der Waals surface area (Å²) in [5, 5.41) is 14.2. The summed E-state index contributed by atoms with van der Waals surface area (Å²) < 4.78 is 6.65. The molecule has 9 nitrogen and oxygen atoms in total. The lowest BCUT2D eigenvalue weighted by Crippen LogP contribution is -2.27. The number of halogens is 1. The number of rotatable bonds is 4. The van der Waals surface area contributed by atoms with Crippen molar-refractivity contribution >= 4 is 51.0 Å². The monoisotopic (exact) mass is 398 g/mol. The van der Waals surface area contributed by atoms with E-state index in [1.165, 1.54) is 18.5 Å². The lowest BCUT2D eigenvalue weighted by molar-refractivity contribution is -0.384. The van der Waals surface area contributed by atoms with Crippen LogP contribution >= 0.6 is 11.6 Å². The first kappa shape index (κ1) is 17.7. The molecule has 2 aromatic carbocycles. The molecule has 10 heteroatoms. The van der Waals surface area contributed by atoms with Gasteiger partial charge in [-0.1, -0.05) is 23.7 Å². The summed E-state index contributed by atoms with van der Waals surface area (Å²) >= 11 is 5.97. The number of nitro benzene ring substituents is 1. The molecule has 0 aliphatic rings. The molecule has 1 N–H and O–H groups in total. The molecular formula is C18H11ClN4O5. The Bertz CT molecular complexity index is 1310. The molecule has 0 spiro atoms. The zero-order valence-corrected chi connectivity index (χ0v) is 14.8. The van der Waals surface area contributed by atoms with Crippen molar-refractivity contribution in [1.29, 1.82) is 0 Å². The van der Waals surface area contributed by atoms with Crippen LogP contribution < -0.4 is 10.9 Å². The molecule has 0 radical (unpaired) electrons. The smallest absolute Gasteiger partial charge is 0.297 e. The molecule has 0 unspecified atom stereocenters. The van der Waals surface area contributed by atoms with Gasteiger partial charge in [0.2, 0.25) is 11.5 Å². The van der Waals surface area contributed by atoms with Crippen molar-refractivity contribution in [2.45, 2.75) is 6.54 Å². The van der Waals surface area contributed by atoms with Gasteiger partial charge in [-0.2, -0.15) is 0 Å². The largest absolute Gasteiger partial charge is 0.448 e. The third kappa shape index (κ3) is 3.08. The van der Waals surface area contributed by atoms with E-state index in [1.54, 1.807) is 24.3 Å². The Labute approximate surface area is 161 Å². The first-order valence-corrected chi connectivity index (χ1v) is 8.42. The van der Waals surface area contributed by atoms with Crippen LogP contribution in [0.5, 0.6) is 0 Å². The number of para-hydroxylation sites is 1. The van der Waals surface area contributed by atoms with Crippen LogP contribution in [0.1, 0.15) is 0 Å². The van der Waals surface area contributed by atoms with Gasteiger partial charge in [-0.25, -0.2) is 4.98 Å². The molecule has 0 atom stereocenters. The zero-order valence-electron chi connectivity index (χ0n) is 14.1. The van der Waals surface area contributed by atoms with Gasteiger partial charge in [0.05, 0.1) is 22.0 Å². The fourth-order valence-corrected chi connectivity index (χ4v) is 2.96. The maximum atomic E-state index is 12.6. The predicted molar refractivity (Wildman–Crippen MR) is 103 cm³/mol. The van der Waals surface area contributed by atoms with E-state index in [9.17, 15) is 19.7 Å². The van der Waals surface area contributed by atoms with Crippen LogP contribution in [0.25, 0.3) is 22.1 Å². The van der Waals surface area contributed by atoms with Crippen LogP contribution in [0.3, 0.4) is 0 Å². The van der Waals surface area contributed by atoms with Crippen LogP contribution in [0.2, 0.25) is 5.02 Å². The van der Waals surface area contributed by atoms with E-state index in [0.29, 0.717) is 16.5 Å². The number of furan rings is 1. The Kier molecular flexibility index (Phi) is 4.28. The van der Waals surface area contributed by atoms with E-state index in [-0.39, 0.29) is 28.5 Å². The van der Waals surface area contributed by atoms with Gasteiger partial charge in [0, 0.05) is 17.5 Å². The number of non-ortho nitro benzene ring substituents is 1. The highest BCUT2D eigenvalue weighted by atomic mass is 35.5. The van der Waals surface area contributed by atoms with Gasteiger partial charge in [0.15, 0.2) is 0 Å². The van der Waals surface area contributed by atoms with E-state index >= 15 is 0 Å². The van der Waals surface area contributed by atoms with Gasteiger partial charge in [0.1, 0.15) is 17.6 Å². The summed E-state index contributed by atoms with van der Waals surface area (Å²) in [7, 11) is 0. The first-order chi connectivity index (χ1) is 13.4. The summed E-state index contributed by atoms with van der Waals surface area (Å²) in [5.74, 6) is -0.596. The number of amides is 1. The number of nitrogens with zero attached hydrogens (tertiary/aromatic N) is 3. The van der Waals surface area contributed by atoms with Gasteiger partial charge < -0.3 is 9.73 Å². The Balaban J connectivity index is 1.63. The SMILES string of the molecule is O=C(Cn1cnc2c(oc3ccccc32)c1=O)Nc1cc([N+](=O)[O-])ccc1Cl. The second-order valence-electron chi connectivity index (χ2n) is 5.92. The van der Waals surface area contributed by atoms with Crippen LogP contribution in [0, 0.1) is 10.1 Å². The minimum Gasteiger partial charge on any atom is -0.448 e. The minimum atomic E-state index is -0.601. The maximum absolute atomic E-state index is 12.6. The molecule has 2 heterocycles. The molecular weight excluding hydrogens is 388 g/mol. The Morgan fingerprint density at radius 2 is 2.07 bits per heavy atom. The molecule has 140 valence electrons. The normalized spacial score (nSPS) is 11.0. The highest BCUT2D eigenvalue weighted by Gasteiger charge is 2.16. The number of fused-ring (bicyclic) bond motifs is 3. The molecule has 2 aromatic heterocycles. The predicted octanol–water partition coefficient (Wildman–Crippen LogP) is 3.34. The van der Waals surface area contributed by atoms with Crippen molar-refractivity contribution in [3.8, 4) is 0 Å². The topological polar surface area (TPSA) is 120 Å². The fraction of sp³-hybridized carbons (Fsp3) is 0.0556. The van der Waals surface area contributed by atoms with Gasteiger partial charge in [0.25, 0.3) is 11.2 Å². The lowest BCUT2D eigenvalue weighted by Gasteiger charge is -2.08. The van der Waals surface area contributed by atoms with Crippen LogP contribution in [0.15, 0.2) is 58.0 Å². The Hall–Kier alpha value is -3.72. The first-order valence-electron chi connectivity index (χ1n) is 8.04. The molecule has 0 saturated carbocycles. The molecule has 0 aliphatic carbocycles. The number of nitro groups is 1. The van der Waals surface area contributed by atoms with Crippen molar-refractivity contribution in [1.82, 2.24) is 9.55 Å². The van der Waals surface area contributed by atoms with E-state index < -0.39 is 16.4 Å². The van der Waals surface area contributed by atoms with E-state index in [4.69, 9.17) is 16.0 Å². The average molecular weight is 399 g/mol. The van der Waals surface area contributed by atoms with Crippen LogP contribution in [-0.4, -0.2) is 20.4 Å². The summed E-state index contributed by atoms with van der Waals surface area (Å²) in [6, 6.07) is 10.8. The van der Waals surface area contributed by atoms with Gasteiger partial charge >= 0.3 is 0 Å². The third-order valence-corrected chi connectivity index (χ3v) is 4.43. The highest BCUT2D eigenvalue weighted by molar-refractivity contribution is 6.33. The van der Waals surface area contributed by atoms with Crippen molar-refractivity contribution < 1.29 is 14.1 Å². The number of carbonyl (C=O) groups excluding carboxylic acids is 1. The molecule has 4 aromatic rings. The third-order valence-electron chi connectivity index (χ3n) is 4.10. The van der Waals surface area contributed by atoms with Crippen LogP contribution in [0.4, 0.5) is 11.4 Å². The van der Waals surface area contributed by atoms with Crippen molar-refractivity contribution in [2.75, 3.05) is 5.32 Å². The van der Waals surface area contributed by atoms with Gasteiger partial charge in [-0.3, -0.25) is 24.3 Å². The quantitative estimate of drug-likeness (QED) is 0.415. The van der Waals surface area contributed by atoms with Crippen molar-refractivity contribution in [2.24, 2.45) is 0 Å². The number of benzene rings is 2. The Morgan fingerprint density at radius 3 is 2.86 bits per heavy atom. The summed E-state index contributed by atoms with van der Waals surface area (Å²) in [5.41, 5.74) is 0.326. The standard InChI is InChI=1S/C18H11ClN4O5/c19-12-6-5-10(23(26)27)7-13(12)21-15(24)8-22-9-20-16-11-3-1-2-4-14(11)28-17(16)18(22)25/h1-7,9H,8H2,(H,21,24). The second kappa shape index (κ2) is 6.78. The fourth-order valence-electron chi connectivity index (χ4n) is 2.79. The van der Waals surface area contributed by atoms with Gasteiger partial charge in [-0.15, -0.1) is 0 Å². The number of nitrogens with one attached hydrogen (secondary N) is 1. The van der Waals surface area contributed by atoms with Gasteiger partial charge in [-0.05, 0) is 18.2 Å². The lowest BCUT2D eigenvalue weighted by atomic mass is 10.2. The summed E-state index contributed by atoms with van der Waals surface area (Å²) in [4.78, 5) is 39.4. The molecule has 1 amide bonds. The molecule has 4 rings (SSSR count). The molecule has 0 fully saturated rings. The van der Waals surface area contributed by atoms with E-state index in [2.05, 4.69) is 10.3 Å². The average Bonchev–Trinajstić information content (AvgIpc) is 3.05. The van der Waals surface area contributed by atoms with Crippen molar-refractivity contribution in [3.63, 3.8) is 0 Å². The molecule has 28 heavy (non-hydrogen) atoms. The number of anilines is 1. The minimum absolute atomic E-state index is 0.0462. The number of carbonyl (C=O) groups is 1. The number of aromatic nitrogens is 2. The van der Waals surface area contributed by atoms with E-state index in [1.807, 2.05) is 0 Å². The zero-order chi connectivity index (χ0) is 19.8. The molecule has 0 aliphatic heterocycles. The second-order valence-corrected chi connectivity index (χ2v) is 6.33. The molecule has 0 saturated heterocycles. The van der Waals surface area contributed by atoms with Crippen molar-refractivity contribution in [3.05, 3.63) is 74.3 Å². The number of hydrogen-bond donors (Lipinski definition) is 1. The summed E-state index contributed by atoms with van der Waals surface area (Å²) in [6.45, 7) is -0.363. The number of hydrogen-bond acceptors (Lipinski definition) is 6.